The summed E-state index contributed by atoms with van der Waals surface area (Å²) in [5, 5.41) is 6.34. The molecule has 1 heterocycles. The summed E-state index contributed by atoms with van der Waals surface area (Å²) in [5.41, 5.74) is 2.27. The average molecular weight is 262 g/mol. The van der Waals surface area contributed by atoms with E-state index in [2.05, 4.69) is 30.5 Å². The maximum absolute atomic E-state index is 12.3. The molecule has 2 N–H and O–H groups in total. The Kier molecular flexibility index (Phi) is 4.43. The van der Waals surface area contributed by atoms with Gasteiger partial charge in [0, 0.05) is 19.2 Å². The molecule has 1 aromatic carbocycles. The fourth-order valence-electron chi connectivity index (χ4n) is 2.32. The molecule has 0 aromatic heterocycles. The van der Waals surface area contributed by atoms with E-state index in [-0.39, 0.29) is 18.0 Å². The second kappa shape index (κ2) is 6.06. The van der Waals surface area contributed by atoms with Crippen molar-refractivity contribution in [2.75, 3.05) is 19.0 Å². The summed E-state index contributed by atoms with van der Waals surface area (Å²) < 4.78 is 5.16. The highest BCUT2D eigenvalue weighted by molar-refractivity contribution is 5.87. The number of benzene rings is 1. The predicted molar refractivity (Wildman–Crippen MR) is 76.2 cm³/mol. The molecule has 1 aromatic rings. The smallest absolute Gasteiger partial charge is 0.243 e. The zero-order chi connectivity index (χ0) is 13.8. The molecule has 1 aliphatic heterocycles. The number of carbonyl (C=O) groups excluding carboxylic acids is 1. The lowest BCUT2D eigenvalue weighted by molar-refractivity contribution is -0.123. The van der Waals surface area contributed by atoms with Gasteiger partial charge in [0.15, 0.2) is 0 Å². The quantitative estimate of drug-likeness (QED) is 0.851. The second-order valence-corrected chi connectivity index (χ2v) is 5.37. The highest BCUT2D eigenvalue weighted by Gasteiger charge is 2.28. The average Bonchev–Trinajstić information content (AvgIpc) is 2.81. The summed E-state index contributed by atoms with van der Waals surface area (Å²) in [6.07, 6.45) is 0.750. The molecule has 1 amide bonds. The van der Waals surface area contributed by atoms with Gasteiger partial charge in [0.2, 0.25) is 5.91 Å². The molecule has 2 atom stereocenters. The number of anilines is 1. The van der Waals surface area contributed by atoms with Crippen LogP contribution in [0.1, 0.15) is 19.4 Å². The van der Waals surface area contributed by atoms with Crippen molar-refractivity contribution in [3.8, 4) is 0 Å². The molecular weight excluding hydrogens is 240 g/mol. The molecule has 0 aliphatic carbocycles. The number of hydrogen-bond donors (Lipinski definition) is 2. The molecule has 0 fully saturated rings. The van der Waals surface area contributed by atoms with E-state index in [1.54, 1.807) is 7.11 Å². The van der Waals surface area contributed by atoms with Crippen molar-refractivity contribution in [3.63, 3.8) is 0 Å². The lowest BCUT2D eigenvalue weighted by Gasteiger charge is -2.23. The number of fused-ring (bicyclic) bond motifs is 1. The minimum absolute atomic E-state index is 0.0481. The maximum Gasteiger partial charge on any atom is 0.243 e. The van der Waals surface area contributed by atoms with Gasteiger partial charge < -0.3 is 15.4 Å². The van der Waals surface area contributed by atoms with Crippen LogP contribution in [-0.2, 0) is 16.0 Å². The number of rotatable bonds is 5. The molecule has 0 bridgehead atoms. The van der Waals surface area contributed by atoms with Crippen molar-refractivity contribution in [3.05, 3.63) is 29.8 Å². The zero-order valence-corrected chi connectivity index (χ0v) is 11.8. The molecule has 104 valence electrons. The molecule has 2 rings (SSSR count). The van der Waals surface area contributed by atoms with E-state index in [0.29, 0.717) is 12.5 Å². The molecule has 0 spiro atoms. The van der Waals surface area contributed by atoms with Gasteiger partial charge in [0.25, 0.3) is 0 Å². The summed E-state index contributed by atoms with van der Waals surface area (Å²) in [5.74, 6) is 0.402. The SMILES string of the molecule is COCC(NC(=O)C1Cc2ccccc2N1)C(C)C. The number of carbonyl (C=O) groups is 1. The minimum atomic E-state index is -0.171. The Hall–Kier alpha value is -1.55. The Labute approximate surface area is 114 Å². The molecule has 4 heteroatoms. The summed E-state index contributed by atoms with van der Waals surface area (Å²) in [7, 11) is 1.66. The number of para-hydroxylation sites is 1. The lowest BCUT2D eigenvalue weighted by Crippen LogP contribution is -2.47. The van der Waals surface area contributed by atoms with Crippen LogP contribution < -0.4 is 10.6 Å². The third kappa shape index (κ3) is 3.26. The number of hydrogen-bond acceptors (Lipinski definition) is 3. The fraction of sp³-hybridized carbons (Fsp3) is 0.533. The van der Waals surface area contributed by atoms with E-state index < -0.39 is 0 Å². The maximum atomic E-state index is 12.3. The van der Waals surface area contributed by atoms with Crippen LogP contribution in [0.25, 0.3) is 0 Å². The fourth-order valence-corrected chi connectivity index (χ4v) is 2.32. The van der Waals surface area contributed by atoms with Crippen LogP contribution in [0.3, 0.4) is 0 Å². The lowest BCUT2D eigenvalue weighted by atomic mass is 10.0. The Balaban J connectivity index is 1.95. The first kappa shape index (κ1) is 13.9. The van der Waals surface area contributed by atoms with E-state index in [0.717, 1.165) is 12.1 Å². The highest BCUT2D eigenvalue weighted by atomic mass is 16.5. The molecule has 4 nitrogen and oxygen atoms in total. The summed E-state index contributed by atoms with van der Waals surface area (Å²) in [4.78, 5) is 12.3. The molecule has 19 heavy (non-hydrogen) atoms. The third-order valence-electron chi connectivity index (χ3n) is 3.57. The Bertz CT molecular complexity index is 421. The highest BCUT2D eigenvalue weighted by Crippen LogP contribution is 2.25. The van der Waals surface area contributed by atoms with Crippen molar-refractivity contribution >= 4 is 11.6 Å². The first-order chi connectivity index (χ1) is 9.11. The molecular formula is C15H22N2O2. The van der Waals surface area contributed by atoms with Gasteiger partial charge in [0.1, 0.15) is 6.04 Å². The number of methoxy groups -OCH3 is 1. The van der Waals surface area contributed by atoms with E-state index in [1.165, 1.54) is 5.56 Å². The number of nitrogens with one attached hydrogen (secondary N) is 2. The molecule has 1 aliphatic rings. The molecule has 0 saturated carbocycles. The summed E-state index contributed by atoms with van der Waals surface area (Å²) in [6.45, 7) is 4.71. The van der Waals surface area contributed by atoms with Crippen LogP contribution in [0.15, 0.2) is 24.3 Å². The van der Waals surface area contributed by atoms with Gasteiger partial charge in [-0.1, -0.05) is 32.0 Å². The summed E-state index contributed by atoms with van der Waals surface area (Å²) in [6, 6.07) is 7.94. The predicted octanol–water partition coefficient (Wildman–Crippen LogP) is 1.81. The van der Waals surface area contributed by atoms with Crippen molar-refractivity contribution < 1.29 is 9.53 Å². The van der Waals surface area contributed by atoms with Crippen molar-refractivity contribution in [1.29, 1.82) is 0 Å². The molecule has 2 unspecified atom stereocenters. The summed E-state index contributed by atoms with van der Waals surface area (Å²) >= 11 is 0. The minimum Gasteiger partial charge on any atom is -0.383 e. The second-order valence-electron chi connectivity index (χ2n) is 5.37. The third-order valence-corrected chi connectivity index (χ3v) is 3.57. The van der Waals surface area contributed by atoms with E-state index >= 15 is 0 Å². The topological polar surface area (TPSA) is 50.4 Å². The Morgan fingerprint density at radius 3 is 2.84 bits per heavy atom. The number of ether oxygens (including phenoxy) is 1. The van der Waals surface area contributed by atoms with Crippen LogP contribution in [0.4, 0.5) is 5.69 Å². The van der Waals surface area contributed by atoms with E-state index in [9.17, 15) is 4.79 Å². The Morgan fingerprint density at radius 2 is 2.21 bits per heavy atom. The standard InChI is InChI=1S/C15H22N2O2/c1-10(2)14(9-19-3)17-15(18)13-8-11-6-4-5-7-12(11)16-13/h4-7,10,13-14,16H,8-9H2,1-3H3,(H,17,18). The van der Waals surface area contributed by atoms with Crippen molar-refractivity contribution in [2.45, 2.75) is 32.4 Å². The van der Waals surface area contributed by atoms with E-state index in [4.69, 9.17) is 4.74 Å². The van der Waals surface area contributed by atoms with Gasteiger partial charge in [0.05, 0.1) is 12.6 Å². The zero-order valence-electron chi connectivity index (χ0n) is 11.8. The largest absolute Gasteiger partial charge is 0.383 e. The van der Waals surface area contributed by atoms with Gasteiger partial charge in [-0.25, -0.2) is 0 Å². The van der Waals surface area contributed by atoms with E-state index in [1.807, 2.05) is 18.2 Å². The molecule has 0 radical (unpaired) electrons. The van der Waals surface area contributed by atoms with Gasteiger partial charge in [-0.15, -0.1) is 0 Å². The van der Waals surface area contributed by atoms with Crippen molar-refractivity contribution in [1.82, 2.24) is 5.32 Å². The van der Waals surface area contributed by atoms with Gasteiger partial charge >= 0.3 is 0 Å². The van der Waals surface area contributed by atoms with Crippen LogP contribution >= 0.6 is 0 Å². The Morgan fingerprint density at radius 1 is 1.47 bits per heavy atom. The first-order valence-corrected chi connectivity index (χ1v) is 6.75. The van der Waals surface area contributed by atoms with Gasteiger partial charge in [-0.05, 0) is 17.5 Å². The van der Waals surface area contributed by atoms with Crippen LogP contribution in [-0.4, -0.2) is 31.7 Å². The van der Waals surface area contributed by atoms with Crippen LogP contribution in [0, 0.1) is 5.92 Å². The van der Waals surface area contributed by atoms with Gasteiger partial charge in [-0.2, -0.15) is 0 Å². The van der Waals surface area contributed by atoms with Crippen molar-refractivity contribution in [2.24, 2.45) is 5.92 Å². The monoisotopic (exact) mass is 262 g/mol. The number of amides is 1. The van der Waals surface area contributed by atoms with Crippen LogP contribution in [0.5, 0.6) is 0 Å². The van der Waals surface area contributed by atoms with Crippen LogP contribution in [0.2, 0.25) is 0 Å². The first-order valence-electron chi connectivity index (χ1n) is 6.75. The normalized spacial score (nSPS) is 18.8. The molecule has 0 saturated heterocycles. The van der Waals surface area contributed by atoms with Gasteiger partial charge in [-0.3, -0.25) is 4.79 Å².